The van der Waals surface area contributed by atoms with Crippen LogP contribution in [0.5, 0.6) is 0 Å². The van der Waals surface area contributed by atoms with Gasteiger partial charge in [-0.25, -0.2) is 4.98 Å². The van der Waals surface area contributed by atoms with Crippen molar-refractivity contribution in [2.24, 2.45) is 0 Å². The van der Waals surface area contributed by atoms with Gasteiger partial charge in [0.1, 0.15) is 6.10 Å². The summed E-state index contributed by atoms with van der Waals surface area (Å²) < 4.78 is 0. The number of carbonyl (C=O) groups excluding carboxylic acids is 1. The van der Waals surface area contributed by atoms with E-state index in [-0.39, 0.29) is 5.12 Å². The second-order valence-electron chi connectivity index (χ2n) is 3.82. The summed E-state index contributed by atoms with van der Waals surface area (Å²) in [6.45, 7) is 5.18. The fourth-order valence-corrected chi connectivity index (χ4v) is 3.10. The largest absolute Gasteiger partial charge is 0.390 e. The quantitative estimate of drug-likeness (QED) is 0.858. The van der Waals surface area contributed by atoms with E-state index < -0.39 is 12.2 Å². The van der Waals surface area contributed by atoms with Crippen LogP contribution in [0.1, 0.15) is 35.0 Å². The average Bonchev–Trinajstić information content (AvgIpc) is 2.56. The number of aryl methyl sites for hydroxylation is 2. The van der Waals surface area contributed by atoms with Crippen LogP contribution in [0.25, 0.3) is 0 Å². The molecule has 0 radical (unpaired) electrons. The maximum atomic E-state index is 10.7. The maximum absolute atomic E-state index is 10.7. The van der Waals surface area contributed by atoms with Gasteiger partial charge in [-0.3, -0.25) is 4.79 Å². The monoisotopic (exact) mass is 275 g/mol. The number of thiazole rings is 1. The first kappa shape index (κ1) is 14.6. The average molecular weight is 275 g/mol. The summed E-state index contributed by atoms with van der Waals surface area (Å²) in [5.41, 5.74) is 0.762. The van der Waals surface area contributed by atoms with Crippen LogP contribution in [-0.2, 0) is 4.79 Å². The Morgan fingerprint density at radius 3 is 2.59 bits per heavy atom. The van der Waals surface area contributed by atoms with Crippen molar-refractivity contribution in [3.63, 3.8) is 0 Å². The molecule has 96 valence electrons. The third kappa shape index (κ3) is 4.39. The standard InChI is InChI=1S/C11H17NO3S2/c1-6-11(17-7(2)12-6)10(15)9(14)4-5-16-8(3)13/h9-10,14-15H,4-5H2,1-3H3. The molecular formula is C11H17NO3S2. The first-order valence-corrected chi connectivity index (χ1v) is 7.15. The molecule has 0 saturated heterocycles. The lowest BCUT2D eigenvalue weighted by atomic mass is 10.1. The van der Waals surface area contributed by atoms with E-state index >= 15 is 0 Å². The van der Waals surface area contributed by atoms with E-state index in [2.05, 4.69) is 4.98 Å². The Morgan fingerprint density at radius 1 is 1.47 bits per heavy atom. The predicted octanol–water partition coefficient (Wildman–Crippen LogP) is 1.82. The molecule has 0 aromatic carbocycles. The molecule has 0 aliphatic rings. The lowest BCUT2D eigenvalue weighted by Gasteiger charge is -2.16. The van der Waals surface area contributed by atoms with Crippen LogP contribution in [0.3, 0.4) is 0 Å². The van der Waals surface area contributed by atoms with Gasteiger partial charge in [0.05, 0.1) is 21.7 Å². The minimum Gasteiger partial charge on any atom is -0.390 e. The Bertz CT molecular complexity index is 392. The first-order chi connectivity index (χ1) is 7.91. The normalized spacial score (nSPS) is 14.6. The van der Waals surface area contributed by atoms with Crippen LogP contribution < -0.4 is 0 Å². The zero-order valence-electron chi connectivity index (χ0n) is 10.1. The lowest BCUT2D eigenvalue weighted by Crippen LogP contribution is -2.19. The van der Waals surface area contributed by atoms with Crippen molar-refractivity contribution in [2.45, 2.75) is 39.4 Å². The van der Waals surface area contributed by atoms with Gasteiger partial charge in [0.15, 0.2) is 5.12 Å². The van der Waals surface area contributed by atoms with Gasteiger partial charge < -0.3 is 10.2 Å². The van der Waals surface area contributed by atoms with E-state index in [4.69, 9.17) is 0 Å². The summed E-state index contributed by atoms with van der Waals surface area (Å²) in [4.78, 5) is 15.7. The number of nitrogens with zero attached hydrogens (tertiary/aromatic N) is 1. The number of hydrogen-bond donors (Lipinski definition) is 2. The second-order valence-corrected chi connectivity index (χ2v) is 6.33. The summed E-state index contributed by atoms with van der Waals surface area (Å²) in [5, 5.41) is 20.7. The van der Waals surface area contributed by atoms with Crippen LogP contribution in [0, 0.1) is 13.8 Å². The zero-order valence-corrected chi connectivity index (χ0v) is 11.8. The highest BCUT2D eigenvalue weighted by atomic mass is 32.2. The van der Waals surface area contributed by atoms with Gasteiger partial charge in [-0.2, -0.15) is 0 Å². The number of aliphatic hydroxyl groups excluding tert-OH is 2. The number of carbonyl (C=O) groups is 1. The van der Waals surface area contributed by atoms with E-state index in [0.29, 0.717) is 17.1 Å². The zero-order chi connectivity index (χ0) is 13.0. The molecule has 17 heavy (non-hydrogen) atoms. The molecule has 4 nitrogen and oxygen atoms in total. The molecule has 2 atom stereocenters. The Balaban J connectivity index is 2.54. The van der Waals surface area contributed by atoms with Gasteiger partial charge in [-0.05, 0) is 20.3 Å². The fourth-order valence-electron chi connectivity index (χ4n) is 1.48. The second kappa shape index (κ2) is 6.49. The Morgan fingerprint density at radius 2 is 2.12 bits per heavy atom. The van der Waals surface area contributed by atoms with Crippen LogP contribution in [-0.4, -0.2) is 32.2 Å². The molecule has 2 N–H and O–H groups in total. The van der Waals surface area contributed by atoms with Crippen molar-refractivity contribution in [3.8, 4) is 0 Å². The summed E-state index contributed by atoms with van der Waals surface area (Å²) in [6.07, 6.45) is -1.36. The summed E-state index contributed by atoms with van der Waals surface area (Å²) >= 11 is 2.56. The SMILES string of the molecule is CC(=O)SCCC(O)C(O)c1sc(C)nc1C. The third-order valence-electron chi connectivity index (χ3n) is 2.29. The van der Waals surface area contributed by atoms with E-state index in [0.717, 1.165) is 22.5 Å². The molecule has 1 aromatic heterocycles. The molecule has 0 aliphatic heterocycles. The highest BCUT2D eigenvalue weighted by Crippen LogP contribution is 2.28. The van der Waals surface area contributed by atoms with Crippen LogP contribution in [0.4, 0.5) is 0 Å². The smallest absolute Gasteiger partial charge is 0.185 e. The fraction of sp³-hybridized carbons (Fsp3) is 0.636. The van der Waals surface area contributed by atoms with Gasteiger partial charge in [-0.1, -0.05) is 11.8 Å². The molecule has 2 unspecified atom stereocenters. The molecule has 1 heterocycles. The summed E-state index contributed by atoms with van der Waals surface area (Å²) in [6, 6.07) is 0. The Labute approximate surface area is 109 Å². The number of rotatable bonds is 5. The molecule has 0 saturated carbocycles. The first-order valence-electron chi connectivity index (χ1n) is 5.35. The van der Waals surface area contributed by atoms with E-state index in [1.54, 1.807) is 0 Å². The Hall–Kier alpha value is -0.430. The van der Waals surface area contributed by atoms with E-state index in [1.165, 1.54) is 18.3 Å². The van der Waals surface area contributed by atoms with Gasteiger partial charge in [0.2, 0.25) is 0 Å². The highest BCUT2D eigenvalue weighted by Gasteiger charge is 2.22. The van der Waals surface area contributed by atoms with Crippen molar-refractivity contribution >= 4 is 28.2 Å². The molecule has 0 spiro atoms. The van der Waals surface area contributed by atoms with Crippen molar-refractivity contribution in [1.82, 2.24) is 4.98 Å². The molecule has 1 rings (SSSR count). The van der Waals surface area contributed by atoms with E-state index in [9.17, 15) is 15.0 Å². The van der Waals surface area contributed by atoms with Crippen molar-refractivity contribution in [3.05, 3.63) is 15.6 Å². The third-order valence-corrected chi connectivity index (χ3v) is 4.28. The van der Waals surface area contributed by atoms with Gasteiger partial charge in [0.25, 0.3) is 0 Å². The van der Waals surface area contributed by atoms with Crippen molar-refractivity contribution < 1.29 is 15.0 Å². The maximum Gasteiger partial charge on any atom is 0.185 e. The summed E-state index contributed by atoms with van der Waals surface area (Å²) in [7, 11) is 0. The topological polar surface area (TPSA) is 70.4 Å². The van der Waals surface area contributed by atoms with Gasteiger partial charge >= 0.3 is 0 Å². The molecular weight excluding hydrogens is 258 g/mol. The minimum absolute atomic E-state index is 0.0245. The highest BCUT2D eigenvalue weighted by molar-refractivity contribution is 8.13. The molecule has 0 bridgehead atoms. The van der Waals surface area contributed by atoms with Gasteiger partial charge in [0, 0.05) is 12.7 Å². The van der Waals surface area contributed by atoms with Crippen molar-refractivity contribution in [1.29, 1.82) is 0 Å². The Kier molecular flexibility index (Phi) is 5.58. The van der Waals surface area contributed by atoms with Crippen LogP contribution >= 0.6 is 23.1 Å². The molecule has 1 aromatic rings. The molecule has 0 aliphatic carbocycles. The molecule has 6 heteroatoms. The van der Waals surface area contributed by atoms with Crippen LogP contribution in [0.15, 0.2) is 0 Å². The van der Waals surface area contributed by atoms with Gasteiger partial charge in [-0.15, -0.1) is 11.3 Å². The molecule has 0 amide bonds. The number of aromatic nitrogens is 1. The number of thioether (sulfide) groups is 1. The van der Waals surface area contributed by atoms with E-state index in [1.807, 2.05) is 13.8 Å². The summed E-state index contributed by atoms with van der Waals surface area (Å²) in [5.74, 6) is 0.518. The van der Waals surface area contributed by atoms with Crippen molar-refractivity contribution in [2.75, 3.05) is 5.75 Å². The number of hydrogen-bond acceptors (Lipinski definition) is 6. The number of aliphatic hydroxyl groups is 2. The van der Waals surface area contributed by atoms with Crippen LogP contribution in [0.2, 0.25) is 0 Å². The lowest BCUT2D eigenvalue weighted by molar-refractivity contribution is -0.109. The predicted molar refractivity (Wildman–Crippen MR) is 70.3 cm³/mol. The molecule has 0 fully saturated rings. The minimum atomic E-state index is -0.909.